The van der Waals surface area contributed by atoms with E-state index >= 15 is 0 Å². The fraction of sp³-hybridized carbons (Fsp3) is 0.316. The number of urea groups is 1. The lowest BCUT2D eigenvalue weighted by Gasteiger charge is -2.25. The molecule has 2 rings (SSSR count). The molecular weight excluding hydrogens is 368 g/mol. The Labute approximate surface area is 159 Å². The van der Waals surface area contributed by atoms with Gasteiger partial charge in [0.05, 0.1) is 10.9 Å². The van der Waals surface area contributed by atoms with Gasteiger partial charge in [0.15, 0.2) is 9.84 Å². The van der Waals surface area contributed by atoms with Gasteiger partial charge in [-0.05, 0) is 36.8 Å². The summed E-state index contributed by atoms with van der Waals surface area (Å²) in [4.78, 5) is 15.4. The molecule has 0 bridgehead atoms. The quantitative estimate of drug-likeness (QED) is 0.578. The third-order valence-electron chi connectivity index (χ3n) is 4.08. The van der Waals surface area contributed by atoms with Crippen LogP contribution in [0.3, 0.4) is 0 Å². The van der Waals surface area contributed by atoms with Crippen LogP contribution in [0, 0.1) is 0 Å². The van der Waals surface area contributed by atoms with Gasteiger partial charge >= 0.3 is 6.03 Å². The van der Waals surface area contributed by atoms with Crippen molar-refractivity contribution in [2.45, 2.75) is 22.8 Å². The molecule has 1 N–H and O–H groups in total. The van der Waals surface area contributed by atoms with E-state index in [4.69, 9.17) is 0 Å². The van der Waals surface area contributed by atoms with Crippen LogP contribution in [-0.2, 0) is 9.84 Å². The average Bonchev–Trinajstić information content (AvgIpc) is 2.64. The van der Waals surface area contributed by atoms with Crippen LogP contribution in [0.25, 0.3) is 0 Å². The van der Waals surface area contributed by atoms with Crippen LogP contribution in [0.15, 0.2) is 64.4 Å². The highest BCUT2D eigenvalue weighted by molar-refractivity contribution is 7.99. The molecule has 2 amide bonds. The highest BCUT2D eigenvalue weighted by Gasteiger charge is 2.17. The van der Waals surface area contributed by atoms with Crippen molar-refractivity contribution in [1.82, 2.24) is 10.2 Å². The second-order valence-corrected chi connectivity index (χ2v) is 9.21. The second kappa shape index (κ2) is 9.09. The summed E-state index contributed by atoms with van der Waals surface area (Å²) in [6.07, 6.45) is 1.18. The minimum Gasteiger partial charge on any atom is -0.337 e. The lowest BCUT2D eigenvalue weighted by molar-refractivity contribution is 0.195. The zero-order valence-corrected chi connectivity index (χ0v) is 16.8. The van der Waals surface area contributed by atoms with E-state index in [0.29, 0.717) is 6.54 Å². The largest absolute Gasteiger partial charge is 0.337 e. The molecule has 0 saturated heterocycles. The molecule has 7 heteroatoms. The molecule has 2 aromatic carbocycles. The predicted octanol–water partition coefficient (Wildman–Crippen LogP) is 3.58. The molecule has 0 aromatic heterocycles. The van der Waals surface area contributed by atoms with Gasteiger partial charge in [0.25, 0.3) is 0 Å². The monoisotopic (exact) mass is 392 g/mol. The maximum absolute atomic E-state index is 12.3. The van der Waals surface area contributed by atoms with Crippen molar-refractivity contribution in [3.63, 3.8) is 0 Å². The van der Waals surface area contributed by atoms with E-state index in [-0.39, 0.29) is 17.0 Å². The molecule has 5 nitrogen and oxygen atoms in total. The molecule has 0 spiro atoms. The van der Waals surface area contributed by atoms with Gasteiger partial charge in [0.1, 0.15) is 0 Å². The van der Waals surface area contributed by atoms with Gasteiger partial charge in [-0.1, -0.05) is 30.3 Å². The van der Waals surface area contributed by atoms with Crippen molar-refractivity contribution < 1.29 is 13.2 Å². The van der Waals surface area contributed by atoms with Crippen LogP contribution in [0.2, 0.25) is 0 Å². The summed E-state index contributed by atoms with van der Waals surface area (Å²) in [5.41, 5.74) is 0.883. The van der Waals surface area contributed by atoms with Gasteiger partial charge < -0.3 is 10.2 Å². The van der Waals surface area contributed by atoms with Crippen LogP contribution in [0.4, 0.5) is 4.79 Å². The fourth-order valence-corrected chi connectivity index (χ4v) is 3.78. The van der Waals surface area contributed by atoms with E-state index in [0.717, 1.165) is 11.3 Å². The number of hydrogen-bond donors (Lipinski definition) is 1. The normalized spacial score (nSPS) is 12.4. The van der Waals surface area contributed by atoms with Crippen molar-refractivity contribution >= 4 is 27.6 Å². The molecule has 26 heavy (non-hydrogen) atoms. The maximum atomic E-state index is 12.3. The zero-order chi connectivity index (χ0) is 19.2. The third-order valence-corrected chi connectivity index (χ3v) is 6.22. The first-order chi connectivity index (χ1) is 12.3. The van der Waals surface area contributed by atoms with Crippen molar-refractivity contribution in [1.29, 1.82) is 0 Å². The van der Waals surface area contributed by atoms with Gasteiger partial charge in [-0.2, -0.15) is 0 Å². The van der Waals surface area contributed by atoms with Crippen molar-refractivity contribution in [3.05, 3.63) is 60.2 Å². The van der Waals surface area contributed by atoms with Gasteiger partial charge in [-0.3, -0.25) is 0 Å². The number of amides is 2. The molecular formula is C19H24N2O3S2. The van der Waals surface area contributed by atoms with Crippen LogP contribution in [0.5, 0.6) is 0 Å². The predicted molar refractivity (Wildman–Crippen MR) is 106 cm³/mol. The summed E-state index contributed by atoms with van der Waals surface area (Å²) >= 11 is 1.69. The Kier molecular flexibility index (Phi) is 7.11. The summed E-state index contributed by atoms with van der Waals surface area (Å²) in [6, 6.07) is 16.4. The number of sulfone groups is 1. The summed E-state index contributed by atoms with van der Waals surface area (Å²) < 4.78 is 23.1. The fourth-order valence-electron chi connectivity index (χ4n) is 2.36. The van der Waals surface area contributed by atoms with E-state index in [2.05, 4.69) is 5.32 Å². The highest BCUT2D eigenvalue weighted by atomic mass is 32.2. The Bertz CT molecular complexity index is 822. The number of hydrogen-bond acceptors (Lipinski definition) is 4. The number of nitrogens with one attached hydrogen (secondary N) is 1. The summed E-state index contributed by atoms with van der Waals surface area (Å²) in [6.45, 7) is 2.48. The number of rotatable bonds is 7. The van der Waals surface area contributed by atoms with Gasteiger partial charge in [0, 0.05) is 30.5 Å². The Morgan fingerprint density at radius 3 is 2.31 bits per heavy atom. The minimum atomic E-state index is -3.21. The van der Waals surface area contributed by atoms with E-state index in [1.165, 1.54) is 11.2 Å². The topological polar surface area (TPSA) is 66.5 Å². The molecule has 2 aromatic rings. The molecule has 0 radical (unpaired) electrons. The lowest BCUT2D eigenvalue weighted by Crippen LogP contribution is -2.39. The van der Waals surface area contributed by atoms with Crippen LogP contribution in [-0.4, -0.2) is 44.9 Å². The maximum Gasteiger partial charge on any atom is 0.317 e. The first-order valence-corrected chi connectivity index (χ1v) is 11.2. The molecule has 0 aliphatic heterocycles. The number of carbonyl (C=O) groups excluding carboxylic acids is 1. The van der Waals surface area contributed by atoms with E-state index in [9.17, 15) is 13.2 Å². The van der Waals surface area contributed by atoms with Crippen molar-refractivity contribution in [2.75, 3.05) is 25.6 Å². The molecule has 0 heterocycles. The third kappa shape index (κ3) is 5.78. The van der Waals surface area contributed by atoms with E-state index in [1.54, 1.807) is 48.0 Å². The number of thioether (sulfide) groups is 1. The van der Waals surface area contributed by atoms with Gasteiger partial charge in [0.2, 0.25) is 0 Å². The van der Waals surface area contributed by atoms with Crippen molar-refractivity contribution in [2.24, 2.45) is 0 Å². The molecule has 140 valence electrons. The second-order valence-electron chi connectivity index (χ2n) is 6.02. The smallest absolute Gasteiger partial charge is 0.317 e. The lowest BCUT2D eigenvalue weighted by atomic mass is 10.1. The number of benzene rings is 2. The van der Waals surface area contributed by atoms with Gasteiger partial charge in [-0.25, -0.2) is 13.2 Å². The Morgan fingerprint density at radius 2 is 1.73 bits per heavy atom. The molecule has 0 saturated carbocycles. The van der Waals surface area contributed by atoms with Crippen LogP contribution in [0.1, 0.15) is 18.5 Å². The Hall–Kier alpha value is -1.99. The van der Waals surface area contributed by atoms with E-state index < -0.39 is 9.84 Å². The van der Waals surface area contributed by atoms with Crippen LogP contribution < -0.4 is 5.32 Å². The minimum absolute atomic E-state index is 0.154. The van der Waals surface area contributed by atoms with E-state index in [1.807, 2.05) is 37.3 Å². The Balaban J connectivity index is 1.84. The molecule has 0 aliphatic rings. The first kappa shape index (κ1) is 20.3. The van der Waals surface area contributed by atoms with Crippen LogP contribution >= 0.6 is 11.8 Å². The number of nitrogens with zero attached hydrogens (tertiary/aromatic N) is 1. The standard InChI is InChI=1S/C19H24N2O3S2/c1-15(16-9-11-18(12-10-16)26(3,23)24)21(2)19(22)20-13-14-25-17-7-5-4-6-8-17/h4-12,15H,13-14H2,1-3H3,(H,20,22)/t15-/m1/s1. The summed E-state index contributed by atoms with van der Waals surface area (Å²) in [7, 11) is -1.48. The molecule has 0 unspecified atom stereocenters. The Morgan fingerprint density at radius 1 is 1.12 bits per heavy atom. The highest BCUT2D eigenvalue weighted by Crippen LogP contribution is 2.21. The zero-order valence-electron chi connectivity index (χ0n) is 15.2. The average molecular weight is 393 g/mol. The van der Waals surface area contributed by atoms with Crippen molar-refractivity contribution in [3.8, 4) is 0 Å². The molecule has 0 fully saturated rings. The summed E-state index contributed by atoms with van der Waals surface area (Å²) in [5, 5.41) is 2.91. The van der Waals surface area contributed by atoms with Gasteiger partial charge in [-0.15, -0.1) is 11.8 Å². The molecule has 0 aliphatic carbocycles. The molecule has 1 atom stereocenters. The summed E-state index contributed by atoms with van der Waals surface area (Å²) in [5.74, 6) is 0.793. The SMILES string of the molecule is C[C@H](c1ccc(S(C)(=O)=O)cc1)N(C)C(=O)NCCSc1ccccc1. The first-order valence-electron chi connectivity index (χ1n) is 8.27. The number of carbonyl (C=O) groups is 1.